The first-order valence-electron chi connectivity index (χ1n) is 7.10. The molecular formula is C16H21NO5S. The minimum absolute atomic E-state index is 0.0848. The molecule has 1 aromatic rings. The van der Waals surface area contributed by atoms with Crippen LogP contribution in [0.1, 0.15) is 27.2 Å². The number of carbonyl (C=O) groups is 3. The first kappa shape index (κ1) is 19.0. The zero-order valence-corrected chi connectivity index (χ0v) is 14.4. The number of anilines is 1. The number of esters is 1. The number of amides is 1. The Balaban J connectivity index is 2.79. The lowest BCUT2D eigenvalue weighted by Crippen LogP contribution is -2.30. The number of rotatable bonds is 7. The molecule has 0 bridgehead atoms. The topological polar surface area (TPSA) is 92.7 Å². The van der Waals surface area contributed by atoms with Crippen molar-refractivity contribution in [3.05, 3.63) is 24.3 Å². The van der Waals surface area contributed by atoms with E-state index in [0.29, 0.717) is 17.0 Å². The van der Waals surface area contributed by atoms with Gasteiger partial charge in [-0.3, -0.25) is 14.4 Å². The molecular weight excluding hydrogens is 318 g/mol. The van der Waals surface area contributed by atoms with Gasteiger partial charge >= 0.3 is 11.9 Å². The number of ether oxygens (including phenoxy) is 1. The Hall–Kier alpha value is -2.02. The fourth-order valence-corrected chi connectivity index (χ4v) is 2.38. The first-order chi connectivity index (χ1) is 10.7. The summed E-state index contributed by atoms with van der Waals surface area (Å²) >= 11 is 0.880. The van der Waals surface area contributed by atoms with Gasteiger partial charge in [0.2, 0.25) is 11.2 Å². The predicted octanol–water partition coefficient (Wildman–Crippen LogP) is 2.78. The number of methoxy groups -OCH3 is 1. The van der Waals surface area contributed by atoms with Crippen molar-refractivity contribution >= 4 is 35.3 Å². The fraction of sp³-hybridized carbons (Fsp3) is 0.438. The zero-order chi connectivity index (χ0) is 17.6. The van der Waals surface area contributed by atoms with E-state index in [4.69, 9.17) is 5.11 Å². The normalized spacial score (nSPS) is 12.3. The standard InChI is InChI=1S/C16H21NO5S/c1-5-16(2,3)15(21)17-10-6-8-11(9-7-10)23-12(13(18)19)14(20)22-4/h6-9,12H,5H2,1-4H3,(H,17,21)(H,18,19). The Morgan fingerprint density at radius 1 is 1.26 bits per heavy atom. The third kappa shape index (κ3) is 5.28. The van der Waals surface area contributed by atoms with E-state index in [0.717, 1.165) is 18.9 Å². The Morgan fingerprint density at radius 3 is 2.26 bits per heavy atom. The van der Waals surface area contributed by atoms with Crippen molar-refractivity contribution in [2.75, 3.05) is 12.4 Å². The van der Waals surface area contributed by atoms with Gasteiger partial charge in [0.15, 0.2) is 0 Å². The van der Waals surface area contributed by atoms with Crippen molar-refractivity contribution in [3.63, 3.8) is 0 Å². The van der Waals surface area contributed by atoms with Crippen molar-refractivity contribution in [1.82, 2.24) is 0 Å². The van der Waals surface area contributed by atoms with Gasteiger partial charge in [0.1, 0.15) is 0 Å². The van der Waals surface area contributed by atoms with Crippen LogP contribution in [0, 0.1) is 5.41 Å². The molecule has 1 atom stereocenters. The molecule has 0 saturated heterocycles. The molecule has 6 nitrogen and oxygen atoms in total. The van der Waals surface area contributed by atoms with Crippen LogP contribution in [0.25, 0.3) is 0 Å². The van der Waals surface area contributed by atoms with Crippen molar-refractivity contribution in [2.24, 2.45) is 5.41 Å². The van der Waals surface area contributed by atoms with E-state index in [-0.39, 0.29) is 5.91 Å². The number of nitrogens with one attached hydrogen (secondary N) is 1. The highest BCUT2D eigenvalue weighted by Crippen LogP contribution is 2.27. The predicted molar refractivity (Wildman–Crippen MR) is 88.4 cm³/mol. The number of thioether (sulfide) groups is 1. The molecule has 0 fully saturated rings. The van der Waals surface area contributed by atoms with Crippen LogP contribution in [0.2, 0.25) is 0 Å². The van der Waals surface area contributed by atoms with Crippen molar-refractivity contribution < 1.29 is 24.2 Å². The SMILES string of the molecule is CCC(C)(C)C(=O)Nc1ccc(SC(C(=O)O)C(=O)OC)cc1. The Morgan fingerprint density at radius 2 is 1.83 bits per heavy atom. The van der Waals surface area contributed by atoms with Gasteiger partial charge in [0.25, 0.3) is 0 Å². The van der Waals surface area contributed by atoms with Crippen LogP contribution in [-0.2, 0) is 19.1 Å². The van der Waals surface area contributed by atoms with Crippen LogP contribution in [0.4, 0.5) is 5.69 Å². The number of aliphatic carboxylic acids is 1. The van der Waals surface area contributed by atoms with E-state index in [1.807, 2.05) is 20.8 Å². The summed E-state index contributed by atoms with van der Waals surface area (Å²) in [5.41, 5.74) is 0.151. The van der Waals surface area contributed by atoms with Gasteiger partial charge in [-0.2, -0.15) is 0 Å². The minimum atomic E-state index is -1.32. The summed E-state index contributed by atoms with van der Waals surface area (Å²) in [5, 5.41) is 10.5. The zero-order valence-electron chi connectivity index (χ0n) is 13.6. The molecule has 0 aliphatic rings. The number of hydrogen-bond donors (Lipinski definition) is 2. The van der Waals surface area contributed by atoms with E-state index in [2.05, 4.69) is 10.1 Å². The molecule has 0 aliphatic carbocycles. The average molecular weight is 339 g/mol. The molecule has 0 spiro atoms. The number of benzene rings is 1. The second-order valence-corrected chi connectivity index (χ2v) is 6.75. The average Bonchev–Trinajstić information content (AvgIpc) is 2.52. The van der Waals surface area contributed by atoms with Gasteiger partial charge in [-0.15, -0.1) is 0 Å². The maximum Gasteiger partial charge on any atom is 0.330 e. The third-order valence-corrected chi connectivity index (χ3v) is 4.68. The van der Waals surface area contributed by atoms with Crippen LogP contribution >= 0.6 is 11.8 Å². The molecule has 0 aromatic heterocycles. The molecule has 1 unspecified atom stereocenters. The highest BCUT2D eigenvalue weighted by atomic mass is 32.2. The second kappa shape index (κ2) is 8.01. The summed E-state index contributed by atoms with van der Waals surface area (Å²) in [6.45, 7) is 5.67. The molecule has 7 heteroatoms. The monoisotopic (exact) mass is 339 g/mol. The lowest BCUT2D eigenvalue weighted by atomic mass is 9.89. The van der Waals surface area contributed by atoms with Crippen molar-refractivity contribution in [1.29, 1.82) is 0 Å². The van der Waals surface area contributed by atoms with Crippen molar-refractivity contribution in [3.8, 4) is 0 Å². The van der Waals surface area contributed by atoms with E-state index < -0.39 is 22.6 Å². The van der Waals surface area contributed by atoms with Crippen LogP contribution in [0.15, 0.2) is 29.2 Å². The largest absolute Gasteiger partial charge is 0.480 e. The summed E-state index contributed by atoms with van der Waals surface area (Å²) in [7, 11) is 1.15. The third-order valence-electron chi connectivity index (χ3n) is 3.50. The van der Waals surface area contributed by atoms with Gasteiger partial charge < -0.3 is 15.2 Å². The number of carbonyl (C=O) groups excluding carboxylic acids is 2. The highest BCUT2D eigenvalue weighted by Gasteiger charge is 2.28. The molecule has 1 rings (SSSR count). The van der Waals surface area contributed by atoms with Crippen molar-refractivity contribution in [2.45, 2.75) is 37.3 Å². The molecule has 0 saturated carbocycles. The summed E-state index contributed by atoms with van der Waals surface area (Å²) in [4.78, 5) is 35.2. The highest BCUT2D eigenvalue weighted by molar-refractivity contribution is 8.01. The number of carboxylic acids is 1. The molecule has 126 valence electrons. The summed E-state index contributed by atoms with van der Waals surface area (Å²) in [6.07, 6.45) is 0.714. The van der Waals surface area contributed by atoms with E-state index >= 15 is 0 Å². The van der Waals surface area contributed by atoms with Crippen LogP contribution in [-0.4, -0.2) is 35.3 Å². The fourth-order valence-electron chi connectivity index (χ4n) is 1.52. The van der Waals surface area contributed by atoms with E-state index in [1.165, 1.54) is 0 Å². The molecule has 0 aliphatic heterocycles. The molecule has 0 heterocycles. The summed E-state index contributed by atoms with van der Waals surface area (Å²) < 4.78 is 4.47. The van der Waals surface area contributed by atoms with E-state index in [1.54, 1.807) is 24.3 Å². The van der Waals surface area contributed by atoms with Gasteiger partial charge in [-0.1, -0.05) is 32.5 Å². The molecule has 0 radical (unpaired) electrons. The Labute approximate surface area is 139 Å². The quantitative estimate of drug-likeness (QED) is 0.451. The Bertz CT molecular complexity index is 583. The molecule has 1 amide bonds. The van der Waals surface area contributed by atoms with Gasteiger partial charge in [-0.05, 0) is 30.7 Å². The number of hydrogen-bond acceptors (Lipinski definition) is 5. The maximum absolute atomic E-state index is 12.1. The van der Waals surface area contributed by atoms with Crippen LogP contribution in [0.3, 0.4) is 0 Å². The molecule has 23 heavy (non-hydrogen) atoms. The lowest BCUT2D eigenvalue weighted by molar-refractivity contribution is -0.148. The van der Waals surface area contributed by atoms with Crippen LogP contribution in [0.5, 0.6) is 0 Å². The molecule has 1 aromatic carbocycles. The summed E-state index contributed by atoms with van der Waals surface area (Å²) in [6, 6.07) is 6.64. The smallest absolute Gasteiger partial charge is 0.330 e. The summed E-state index contributed by atoms with van der Waals surface area (Å²) in [5.74, 6) is -2.16. The second-order valence-electron chi connectivity index (χ2n) is 5.58. The van der Waals surface area contributed by atoms with Gasteiger partial charge in [0, 0.05) is 16.0 Å². The minimum Gasteiger partial charge on any atom is -0.480 e. The van der Waals surface area contributed by atoms with Gasteiger partial charge in [-0.25, -0.2) is 0 Å². The maximum atomic E-state index is 12.1. The molecule has 2 N–H and O–H groups in total. The lowest BCUT2D eigenvalue weighted by Gasteiger charge is -2.21. The van der Waals surface area contributed by atoms with E-state index in [9.17, 15) is 14.4 Å². The first-order valence-corrected chi connectivity index (χ1v) is 7.98. The van der Waals surface area contributed by atoms with Crippen LogP contribution < -0.4 is 5.32 Å². The number of carboxylic acid groups (broad SMARTS) is 1. The Kier molecular flexibility index (Phi) is 6.62. The van der Waals surface area contributed by atoms with Gasteiger partial charge in [0.05, 0.1) is 7.11 Å².